The second-order valence-corrected chi connectivity index (χ2v) is 4.50. The van der Waals surface area contributed by atoms with Gasteiger partial charge >= 0.3 is 0 Å². The number of hydrogen-bond acceptors (Lipinski definition) is 3. The van der Waals surface area contributed by atoms with E-state index in [1.54, 1.807) is 11.8 Å². The van der Waals surface area contributed by atoms with Gasteiger partial charge in [0.15, 0.2) is 0 Å². The second-order valence-electron chi connectivity index (χ2n) is 3.45. The Morgan fingerprint density at radius 3 is 2.67 bits per heavy atom. The normalized spacial score (nSPS) is 12.5. The summed E-state index contributed by atoms with van der Waals surface area (Å²) in [6.07, 6.45) is 0. The van der Waals surface area contributed by atoms with E-state index < -0.39 is 0 Å². The number of anilines is 3. The van der Waals surface area contributed by atoms with Crippen LogP contribution in [0.5, 0.6) is 0 Å². The van der Waals surface area contributed by atoms with Crippen molar-refractivity contribution in [2.24, 2.45) is 0 Å². The fourth-order valence-corrected chi connectivity index (χ4v) is 2.69. The maximum Gasteiger partial charge on any atom is 0.0587 e. The fourth-order valence-electron chi connectivity index (χ4n) is 1.68. The molecule has 0 fully saturated rings. The molecule has 0 amide bonds. The number of rotatable bonds is 0. The first-order chi connectivity index (χ1) is 7.34. The van der Waals surface area contributed by atoms with Crippen LogP contribution in [0.3, 0.4) is 0 Å². The lowest BCUT2D eigenvalue weighted by Crippen LogP contribution is -2.01. The molecule has 0 saturated heterocycles. The van der Waals surface area contributed by atoms with Crippen molar-refractivity contribution in [2.75, 3.05) is 11.1 Å². The topological polar surface area (TPSA) is 38.0 Å². The minimum absolute atomic E-state index is 0.833. The molecule has 0 aliphatic carbocycles. The van der Waals surface area contributed by atoms with Crippen molar-refractivity contribution in [3.8, 4) is 0 Å². The van der Waals surface area contributed by atoms with Gasteiger partial charge in [-0.05, 0) is 24.3 Å². The Labute approximate surface area is 92.5 Å². The molecule has 2 aromatic rings. The Balaban J connectivity index is 2.15. The highest BCUT2D eigenvalue weighted by Gasteiger charge is 2.16. The Morgan fingerprint density at radius 2 is 1.73 bits per heavy atom. The van der Waals surface area contributed by atoms with E-state index in [0.29, 0.717) is 0 Å². The number of hydrogen-bond donors (Lipinski definition) is 2. The van der Waals surface area contributed by atoms with Crippen LogP contribution in [0.2, 0.25) is 0 Å². The molecule has 3 heteroatoms. The van der Waals surface area contributed by atoms with E-state index in [2.05, 4.69) is 23.5 Å². The first kappa shape index (κ1) is 8.68. The molecule has 0 bridgehead atoms. The molecule has 1 heterocycles. The van der Waals surface area contributed by atoms with E-state index in [1.165, 1.54) is 4.90 Å². The van der Waals surface area contributed by atoms with Crippen LogP contribution in [0.4, 0.5) is 17.1 Å². The zero-order valence-electron chi connectivity index (χ0n) is 8.03. The number of benzene rings is 2. The van der Waals surface area contributed by atoms with E-state index >= 15 is 0 Å². The van der Waals surface area contributed by atoms with Crippen molar-refractivity contribution in [3.63, 3.8) is 0 Å². The monoisotopic (exact) mass is 214 g/mol. The van der Waals surface area contributed by atoms with Crippen molar-refractivity contribution in [1.82, 2.24) is 0 Å². The van der Waals surface area contributed by atoms with Gasteiger partial charge in [-0.15, -0.1) is 0 Å². The van der Waals surface area contributed by atoms with E-state index in [4.69, 9.17) is 5.73 Å². The summed E-state index contributed by atoms with van der Waals surface area (Å²) in [6, 6.07) is 14.2. The lowest BCUT2D eigenvalue weighted by molar-refractivity contribution is 1.32. The summed E-state index contributed by atoms with van der Waals surface area (Å²) in [5, 5.41) is 3.38. The molecule has 0 aromatic heterocycles. The summed E-state index contributed by atoms with van der Waals surface area (Å²) in [7, 11) is 0. The van der Waals surface area contributed by atoms with Gasteiger partial charge in [0.2, 0.25) is 0 Å². The Morgan fingerprint density at radius 1 is 0.933 bits per heavy atom. The summed E-state index contributed by atoms with van der Waals surface area (Å²) in [6.45, 7) is 0. The Kier molecular flexibility index (Phi) is 1.86. The molecule has 74 valence electrons. The highest BCUT2D eigenvalue weighted by molar-refractivity contribution is 8.00. The molecular weight excluding hydrogens is 204 g/mol. The summed E-state index contributed by atoms with van der Waals surface area (Å²) in [4.78, 5) is 2.35. The number of nitrogens with two attached hydrogens (primary N) is 1. The predicted molar refractivity (Wildman–Crippen MR) is 64.7 cm³/mol. The maximum atomic E-state index is 5.94. The number of para-hydroxylation sites is 1. The molecule has 0 atom stereocenters. The first-order valence-electron chi connectivity index (χ1n) is 4.77. The summed E-state index contributed by atoms with van der Waals surface area (Å²) in [5.41, 5.74) is 9.02. The predicted octanol–water partition coefficient (Wildman–Crippen LogP) is 3.48. The highest BCUT2D eigenvalue weighted by Crippen LogP contribution is 2.46. The fraction of sp³-hybridized carbons (Fsp3) is 0. The van der Waals surface area contributed by atoms with Crippen molar-refractivity contribution in [2.45, 2.75) is 9.79 Å². The van der Waals surface area contributed by atoms with Gasteiger partial charge in [-0.25, -0.2) is 0 Å². The minimum Gasteiger partial charge on any atom is -0.398 e. The Hall–Kier alpha value is -1.61. The molecule has 0 unspecified atom stereocenters. The third-order valence-electron chi connectivity index (χ3n) is 2.41. The number of fused-ring (bicyclic) bond motifs is 2. The molecule has 0 radical (unpaired) electrons. The van der Waals surface area contributed by atoms with Crippen molar-refractivity contribution in [3.05, 3.63) is 42.5 Å². The quantitative estimate of drug-likeness (QED) is 0.563. The van der Waals surface area contributed by atoms with Crippen LogP contribution in [-0.2, 0) is 0 Å². The van der Waals surface area contributed by atoms with Crippen LogP contribution < -0.4 is 11.1 Å². The second kappa shape index (κ2) is 3.21. The van der Waals surface area contributed by atoms with Crippen molar-refractivity contribution in [1.29, 1.82) is 0 Å². The Bertz CT molecular complexity index is 523. The molecule has 0 saturated carbocycles. The molecule has 1 aliphatic rings. The van der Waals surface area contributed by atoms with Gasteiger partial charge in [-0.3, -0.25) is 0 Å². The molecule has 3 N–H and O–H groups in total. The lowest BCUT2D eigenvalue weighted by atomic mass is 10.2. The van der Waals surface area contributed by atoms with Gasteiger partial charge in [0, 0.05) is 10.6 Å². The largest absolute Gasteiger partial charge is 0.398 e. The van der Waals surface area contributed by atoms with Crippen LogP contribution in [0.25, 0.3) is 0 Å². The van der Waals surface area contributed by atoms with Crippen LogP contribution in [0.1, 0.15) is 0 Å². The summed E-state index contributed by atoms with van der Waals surface area (Å²) >= 11 is 1.72. The van der Waals surface area contributed by atoms with Gasteiger partial charge in [0.05, 0.1) is 16.3 Å². The smallest absolute Gasteiger partial charge is 0.0587 e. The molecular formula is C12H10N2S. The average molecular weight is 214 g/mol. The number of nitrogens with one attached hydrogen (secondary N) is 1. The standard InChI is InChI=1S/C12H10N2S/c13-8-4-3-6-10-12(8)15-11-7-2-1-5-9(11)14-10/h1-7,14H,13H2. The number of nitrogen functional groups attached to an aromatic ring is 1. The van der Waals surface area contributed by atoms with Crippen LogP contribution >= 0.6 is 11.8 Å². The van der Waals surface area contributed by atoms with E-state index in [0.717, 1.165) is 22.0 Å². The molecule has 2 nitrogen and oxygen atoms in total. The van der Waals surface area contributed by atoms with Crippen LogP contribution in [-0.4, -0.2) is 0 Å². The van der Waals surface area contributed by atoms with Gasteiger partial charge in [0.25, 0.3) is 0 Å². The molecule has 2 aromatic carbocycles. The van der Waals surface area contributed by atoms with E-state index in [9.17, 15) is 0 Å². The van der Waals surface area contributed by atoms with E-state index in [1.807, 2.05) is 24.3 Å². The molecule has 15 heavy (non-hydrogen) atoms. The summed E-state index contributed by atoms with van der Waals surface area (Å²) in [5.74, 6) is 0. The van der Waals surface area contributed by atoms with Crippen LogP contribution in [0, 0.1) is 0 Å². The lowest BCUT2D eigenvalue weighted by Gasteiger charge is -2.21. The van der Waals surface area contributed by atoms with Gasteiger partial charge < -0.3 is 11.1 Å². The zero-order chi connectivity index (χ0) is 10.3. The van der Waals surface area contributed by atoms with Gasteiger partial charge in [0.1, 0.15) is 0 Å². The third-order valence-corrected chi connectivity index (χ3v) is 3.65. The first-order valence-corrected chi connectivity index (χ1v) is 5.58. The molecule has 1 aliphatic heterocycles. The molecule has 3 rings (SSSR count). The minimum atomic E-state index is 0.833. The zero-order valence-corrected chi connectivity index (χ0v) is 8.84. The van der Waals surface area contributed by atoms with Crippen molar-refractivity contribution < 1.29 is 0 Å². The van der Waals surface area contributed by atoms with Crippen LogP contribution in [0.15, 0.2) is 52.3 Å². The van der Waals surface area contributed by atoms with Crippen molar-refractivity contribution >= 4 is 28.8 Å². The van der Waals surface area contributed by atoms with Gasteiger partial charge in [-0.1, -0.05) is 30.0 Å². The third kappa shape index (κ3) is 1.36. The maximum absolute atomic E-state index is 5.94. The SMILES string of the molecule is Nc1cccc2c1Sc1ccccc1N2. The van der Waals surface area contributed by atoms with E-state index in [-0.39, 0.29) is 0 Å². The highest BCUT2D eigenvalue weighted by atomic mass is 32.2. The summed E-state index contributed by atoms with van der Waals surface area (Å²) < 4.78 is 0. The van der Waals surface area contributed by atoms with Gasteiger partial charge in [-0.2, -0.15) is 0 Å². The molecule has 0 spiro atoms. The average Bonchev–Trinajstić information content (AvgIpc) is 2.27.